The Kier molecular flexibility index (Phi) is 3.09. The van der Waals surface area contributed by atoms with Crippen molar-refractivity contribution in [1.82, 2.24) is 0 Å². The largest absolute Gasteiger partial charge is 0.261 e. The molecule has 1 aliphatic heterocycles. The van der Waals surface area contributed by atoms with Gasteiger partial charge in [-0.15, -0.1) is 0 Å². The summed E-state index contributed by atoms with van der Waals surface area (Å²) in [5.74, 6) is 1.79. The second-order valence-electron chi connectivity index (χ2n) is 3.18. The summed E-state index contributed by atoms with van der Waals surface area (Å²) < 4.78 is 22.7. The van der Waals surface area contributed by atoms with Gasteiger partial charge in [0.15, 0.2) is 0 Å². The molecule has 0 atom stereocenters. The van der Waals surface area contributed by atoms with Crippen molar-refractivity contribution in [3.05, 3.63) is 35.9 Å². The molecule has 0 saturated carbocycles. The van der Waals surface area contributed by atoms with Gasteiger partial charge in [-0.2, -0.15) is 11.8 Å². The number of hydrogen-bond donors (Lipinski definition) is 0. The number of benzene rings is 1. The first kappa shape index (κ1) is 11.0. The van der Waals surface area contributed by atoms with Crippen LogP contribution in [0.1, 0.15) is 5.56 Å². The van der Waals surface area contributed by atoms with Crippen molar-refractivity contribution in [2.24, 2.45) is 0 Å². The lowest BCUT2D eigenvalue weighted by molar-refractivity contribution is 0.609. The van der Waals surface area contributed by atoms with E-state index < -0.39 is 9.05 Å². The quantitative estimate of drug-likeness (QED) is 0.767. The molecular weight excluding hydrogens is 252 g/mol. The molecule has 0 unspecified atom stereocenters. The van der Waals surface area contributed by atoms with Crippen LogP contribution in [0.3, 0.4) is 0 Å². The summed E-state index contributed by atoms with van der Waals surface area (Å²) in [6.07, 6.45) is 2.05. The van der Waals surface area contributed by atoms with Crippen molar-refractivity contribution in [3.63, 3.8) is 0 Å². The summed E-state index contributed by atoms with van der Waals surface area (Å²) >= 11 is 1.77. The van der Waals surface area contributed by atoms with Crippen molar-refractivity contribution < 1.29 is 8.42 Å². The molecule has 0 amide bonds. The van der Waals surface area contributed by atoms with Crippen LogP contribution in [0.5, 0.6) is 0 Å². The predicted octanol–water partition coefficient (Wildman–Crippen LogP) is 2.74. The van der Waals surface area contributed by atoms with Crippen LogP contribution in [0.25, 0.3) is 5.57 Å². The zero-order valence-corrected chi connectivity index (χ0v) is 10.2. The second kappa shape index (κ2) is 4.20. The Morgan fingerprint density at radius 1 is 1.27 bits per heavy atom. The van der Waals surface area contributed by atoms with Crippen LogP contribution in [-0.4, -0.2) is 19.9 Å². The lowest BCUT2D eigenvalue weighted by Crippen LogP contribution is -1.97. The van der Waals surface area contributed by atoms with Gasteiger partial charge in [0.25, 0.3) is 9.05 Å². The van der Waals surface area contributed by atoms with Gasteiger partial charge in [-0.3, -0.25) is 0 Å². The van der Waals surface area contributed by atoms with E-state index in [0.29, 0.717) is 0 Å². The van der Waals surface area contributed by atoms with E-state index in [2.05, 4.69) is 0 Å². The Morgan fingerprint density at radius 2 is 2.00 bits per heavy atom. The molecule has 2 rings (SSSR count). The average Bonchev–Trinajstić information content (AvgIpc) is 2.69. The Bertz CT molecular complexity index is 506. The van der Waals surface area contributed by atoms with Gasteiger partial charge in [-0.05, 0) is 17.2 Å². The van der Waals surface area contributed by atoms with Gasteiger partial charge in [0.1, 0.15) is 0 Å². The fourth-order valence-corrected chi connectivity index (χ4v) is 3.56. The molecule has 0 spiro atoms. The molecule has 0 radical (unpaired) electrons. The minimum atomic E-state index is -3.65. The van der Waals surface area contributed by atoms with E-state index >= 15 is 0 Å². The predicted molar refractivity (Wildman–Crippen MR) is 64.8 cm³/mol. The molecule has 5 heteroatoms. The minimum absolute atomic E-state index is 0.209. The van der Waals surface area contributed by atoms with Gasteiger partial charge in [0.2, 0.25) is 0 Å². The molecule has 0 aliphatic carbocycles. The van der Waals surface area contributed by atoms with Crippen LogP contribution in [0.4, 0.5) is 0 Å². The Morgan fingerprint density at radius 3 is 2.60 bits per heavy atom. The summed E-state index contributed by atoms with van der Waals surface area (Å²) in [7, 11) is 1.73. The molecule has 1 heterocycles. The number of halogens is 1. The van der Waals surface area contributed by atoms with E-state index in [1.54, 1.807) is 30.0 Å². The average molecular weight is 261 g/mol. The molecule has 0 fully saturated rings. The van der Waals surface area contributed by atoms with Crippen molar-refractivity contribution in [2.75, 3.05) is 11.5 Å². The van der Waals surface area contributed by atoms with E-state index in [0.717, 1.165) is 22.6 Å². The van der Waals surface area contributed by atoms with Crippen LogP contribution in [0, 0.1) is 0 Å². The third-order valence-corrected chi connectivity index (χ3v) is 4.50. The Labute approximate surface area is 97.8 Å². The topological polar surface area (TPSA) is 34.1 Å². The van der Waals surface area contributed by atoms with Crippen LogP contribution < -0.4 is 0 Å². The van der Waals surface area contributed by atoms with E-state index in [-0.39, 0.29) is 4.90 Å². The highest BCUT2D eigenvalue weighted by Crippen LogP contribution is 2.31. The van der Waals surface area contributed by atoms with Gasteiger partial charge < -0.3 is 0 Å². The number of thioether (sulfide) groups is 1. The lowest BCUT2D eigenvalue weighted by Gasteiger charge is -2.06. The maximum absolute atomic E-state index is 11.3. The van der Waals surface area contributed by atoms with Gasteiger partial charge in [0, 0.05) is 22.2 Å². The van der Waals surface area contributed by atoms with Gasteiger partial charge in [-0.25, -0.2) is 8.42 Å². The van der Waals surface area contributed by atoms with Crippen LogP contribution in [-0.2, 0) is 9.05 Å². The van der Waals surface area contributed by atoms with E-state index in [1.165, 1.54) is 0 Å². The first-order chi connectivity index (χ1) is 7.09. The molecule has 2 nitrogen and oxygen atoms in total. The molecule has 0 saturated heterocycles. The molecule has 1 aromatic carbocycles. The third kappa shape index (κ3) is 2.38. The lowest BCUT2D eigenvalue weighted by atomic mass is 10.1. The summed E-state index contributed by atoms with van der Waals surface area (Å²) in [5, 5.41) is 0. The van der Waals surface area contributed by atoms with Gasteiger partial charge >= 0.3 is 0 Å². The smallest absolute Gasteiger partial charge is 0.207 e. The Balaban J connectivity index is 2.56. The highest BCUT2D eigenvalue weighted by Gasteiger charge is 2.18. The molecule has 15 heavy (non-hydrogen) atoms. The monoisotopic (exact) mass is 260 g/mol. The second-order valence-corrected chi connectivity index (χ2v) is 6.74. The van der Waals surface area contributed by atoms with Crippen LogP contribution in [0.15, 0.2) is 35.2 Å². The van der Waals surface area contributed by atoms with E-state index in [9.17, 15) is 8.42 Å². The molecule has 0 N–H and O–H groups in total. The molecule has 0 aromatic heterocycles. The minimum Gasteiger partial charge on any atom is -0.207 e. The summed E-state index contributed by atoms with van der Waals surface area (Å²) in [4.78, 5) is 0.209. The Hall–Kier alpha value is -0.450. The number of rotatable bonds is 2. The first-order valence-corrected chi connectivity index (χ1v) is 7.86. The normalized spacial score (nSPS) is 16.5. The highest BCUT2D eigenvalue weighted by atomic mass is 35.7. The van der Waals surface area contributed by atoms with Crippen molar-refractivity contribution >= 4 is 37.1 Å². The molecule has 0 bridgehead atoms. The summed E-state index contributed by atoms with van der Waals surface area (Å²) in [5.41, 5.74) is 1.79. The van der Waals surface area contributed by atoms with Crippen LogP contribution in [0.2, 0.25) is 0 Å². The highest BCUT2D eigenvalue weighted by molar-refractivity contribution is 8.13. The number of hydrogen-bond acceptors (Lipinski definition) is 3. The molecular formula is C10H9ClO2S2. The van der Waals surface area contributed by atoms with Crippen molar-refractivity contribution in [1.29, 1.82) is 0 Å². The van der Waals surface area contributed by atoms with Crippen molar-refractivity contribution in [3.8, 4) is 0 Å². The first-order valence-electron chi connectivity index (χ1n) is 4.40. The summed E-state index contributed by atoms with van der Waals surface area (Å²) in [6, 6.07) is 6.85. The molecule has 1 aliphatic rings. The maximum Gasteiger partial charge on any atom is 0.261 e. The third-order valence-electron chi connectivity index (χ3n) is 2.20. The maximum atomic E-state index is 11.3. The van der Waals surface area contributed by atoms with Crippen molar-refractivity contribution in [2.45, 2.75) is 4.90 Å². The fraction of sp³-hybridized carbons (Fsp3) is 0.200. The zero-order valence-electron chi connectivity index (χ0n) is 7.81. The van der Waals surface area contributed by atoms with Gasteiger partial charge in [-0.1, -0.05) is 24.3 Å². The SMILES string of the molecule is O=S(=O)(Cl)c1ccccc1C1=CCSC1. The summed E-state index contributed by atoms with van der Waals surface area (Å²) in [6.45, 7) is 0. The standard InChI is InChI=1S/C10H9ClO2S2/c11-15(12,13)10-4-2-1-3-9(10)8-5-6-14-7-8/h1-5H,6-7H2. The van der Waals surface area contributed by atoms with E-state index in [4.69, 9.17) is 10.7 Å². The van der Waals surface area contributed by atoms with Crippen LogP contribution >= 0.6 is 22.4 Å². The molecule has 1 aromatic rings. The van der Waals surface area contributed by atoms with Gasteiger partial charge in [0.05, 0.1) is 4.90 Å². The zero-order chi connectivity index (χ0) is 10.9. The van der Waals surface area contributed by atoms with E-state index in [1.807, 2.05) is 12.1 Å². The molecule has 80 valence electrons. The fourth-order valence-electron chi connectivity index (χ4n) is 1.52.